The Balaban J connectivity index is 2.30. The van der Waals surface area contributed by atoms with Crippen molar-refractivity contribution >= 4 is 11.3 Å². The highest BCUT2D eigenvalue weighted by Gasteiger charge is 2.09. The van der Waals surface area contributed by atoms with Crippen LogP contribution in [0.5, 0.6) is 0 Å². The third-order valence-corrected chi connectivity index (χ3v) is 4.30. The number of rotatable bonds is 4. The molecule has 0 saturated heterocycles. The van der Waals surface area contributed by atoms with Gasteiger partial charge in [0.1, 0.15) is 0 Å². The molecule has 1 heterocycles. The Morgan fingerprint density at radius 2 is 1.89 bits per heavy atom. The quantitative estimate of drug-likeness (QED) is 0.909. The molecule has 0 fully saturated rings. The standard InChI is InChI=1S/C15H20N2S/c1-10(2)12-4-6-13(7-5-12)15-11(3)17-14(18-15)8-9-16/h4-7,10H,8-9,16H2,1-3H3. The number of hydrogen-bond acceptors (Lipinski definition) is 3. The van der Waals surface area contributed by atoms with Crippen LogP contribution in [-0.4, -0.2) is 11.5 Å². The Morgan fingerprint density at radius 3 is 2.44 bits per heavy atom. The molecule has 0 aliphatic heterocycles. The van der Waals surface area contributed by atoms with E-state index in [0.717, 1.165) is 17.1 Å². The fraction of sp³-hybridized carbons (Fsp3) is 0.400. The van der Waals surface area contributed by atoms with Gasteiger partial charge >= 0.3 is 0 Å². The molecule has 0 aliphatic rings. The van der Waals surface area contributed by atoms with E-state index in [4.69, 9.17) is 5.73 Å². The monoisotopic (exact) mass is 260 g/mol. The molecule has 2 aromatic rings. The van der Waals surface area contributed by atoms with E-state index in [1.54, 1.807) is 11.3 Å². The molecular formula is C15H20N2S. The largest absolute Gasteiger partial charge is 0.330 e. The predicted octanol–water partition coefficient (Wildman–Crippen LogP) is 3.74. The molecule has 1 aromatic heterocycles. The molecule has 0 aliphatic carbocycles. The molecule has 0 radical (unpaired) electrons. The van der Waals surface area contributed by atoms with Crippen molar-refractivity contribution in [3.8, 4) is 10.4 Å². The first-order valence-corrected chi connectivity index (χ1v) is 7.20. The van der Waals surface area contributed by atoms with Gasteiger partial charge in [0.2, 0.25) is 0 Å². The average Bonchev–Trinajstić information content (AvgIpc) is 2.71. The summed E-state index contributed by atoms with van der Waals surface area (Å²) in [5.74, 6) is 0.578. The summed E-state index contributed by atoms with van der Waals surface area (Å²) >= 11 is 1.76. The van der Waals surface area contributed by atoms with Crippen LogP contribution in [0, 0.1) is 6.92 Å². The number of benzene rings is 1. The van der Waals surface area contributed by atoms with Crippen molar-refractivity contribution in [2.45, 2.75) is 33.1 Å². The molecule has 2 N–H and O–H groups in total. The second-order valence-corrected chi connectivity index (χ2v) is 5.92. The van der Waals surface area contributed by atoms with Gasteiger partial charge in [0, 0.05) is 6.42 Å². The predicted molar refractivity (Wildman–Crippen MR) is 79.1 cm³/mol. The summed E-state index contributed by atoms with van der Waals surface area (Å²) in [5.41, 5.74) is 9.33. The third-order valence-electron chi connectivity index (χ3n) is 3.04. The minimum atomic E-state index is 0.578. The van der Waals surface area contributed by atoms with E-state index in [1.165, 1.54) is 16.0 Å². The van der Waals surface area contributed by atoms with Gasteiger partial charge in [-0.2, -0.15) is 0 Å². The lowest BCUT2D eigenvalue weighted by Gasteiger charge is -2.06. The molecule has 0 spiro atoms. The summed E-state index contributed by atoms with van der Waals surface area (Å²) in [5, 5.41) is 1.14. The lowest BCUT2D eigenvalue weighted by atomic mass is 10.0. The van der Waals surface area contributed by atoms with Crippen LogP contribution >= 0.6 is 11.3 Å². The number of aryl methyl sites for hydroxylation is 1. The molecule has 0 amide bonds. The number of nitrogens with two attached hydrogens (primary N) is 1. The zero-order valence-corrected chi connectivity index (χ0v) is 12.1. The van der Waals surface area contributed by atoms with Crippen molar-refractivity contribution in [3.63, 3.8) is 0 Å². The summed E-state index contributed by atoms with van der Waals surface area (Å²) in [7, 11) is 0. The summed E-state index contributed by atoms with van der Waals surface area (Å²) < 4.78 is 0. The second-order valence-electron chi connectivity index (χ2n) is 4.84. The molecule has 18 heavy (non-hydrogen) atoms. The van der Waals surface area contributed by atoms with Gasteiger partial charge in [-0.1, -0.05) is 38.1 Å². The number of hydrogen-bond donors (Lipinski definition) is 1. The highest BCUT2D eigenvalue weighted by molar-refractivity contribution is 7.15. The lowest BCUT2D eigenvalue weighted by molar-refractivity contribution is 0.867. The zero-order valence-electron chi connectivity index (χ0n) is 11.2. The van der Waals surface area contributed by atoms with Crippen LogP contribution in [0.15, 0.2) is 24.3 Å². The molecule has 0 atom stereocenters. The number of nitrogens with zero attached hydrogens (tertiary/aromatic N) is 1. The van der Waals surface area contributed by atoms with Gasteiger partial charge in [-0.05, 0) is 30.5 Å². The molecule has 0 bridgehead atoms. The SMILES string of the molecule is Cc1nc(CCN)sc1-c1ccc(C(C)C)cc1. The van der Waals surface area contributed by atoms with E-state index >= 15 is 0 Å². The molecular weight excluding hydrogens is 240 g/mol. The highest BCUT2D eigenvalue weighted by atomic mass is 32.1. The van der Waals surface area contributed by atoms with Gasteiger partial charge < -0.3 is 5.73 Å². The summed E-state index contributed by atoms with van der Waals surface area (Å²) in [6.07, 6.45) is 0.871. The minimum absolute atomic E-state index is 0.578. The third kappa shape index (κ3) is 2.79. The van der Waals surface area contributed by atoms with Gasteiger partial charge in [-0.15, -0.1) is 11.3 Å². The Kier molecular flexibility index (Phi) is 4.15. The summed E-state index contributed by atoms with van der Waals surface area (Å²) in [6.45, 7) is 7.17. The van der Waals surface area contributed by atoms with Crippen LogP contribution < -0.4 is 5.73 Å². The van der Waals surface area contributed by atoms with E-state index in [0.29, 0.717) is 12.5 Å². The van der Waals surface area contributed by atoms with Crippen LogP contribution in [0.3, 0.4) is 0 Å². The molecule has 1 aromatic carbocycles. The van der Waals surface area contributed by atoms with E-state index < -0.39 is 0 Å². The van der Waals surface area contributed by atoms with Crippen molar-refractivity contribution in [2.24, 2.45) is 5.73 Å². The maximum absolute atomic E-state index is 5.58. The van der Waals surface area contributed by atoms with Gasteiger partial charge in [0.05, 0.1) is 15.6 Å². The Bertz CT molecular complexity index is 512. The van der Waals surface area contributed by atoms with Crippen molar-refractivity contribution in [1.29, 1.82) is 0 Å². The first-order valence-electron chi connectivity index (χ1n) is 6.38. The zero-order chi connectivity index (χ0) is 13.1. The van der Waals surface area contributed by atoms with Gasteiger partial charge in [0.15, 0.2) is 0 Å². The van der Waals surface area contributed by atoms with E-state index in [9.17, 15) is 0 Å². The van der Waals surface area contributed by atoms with E-state index in [2.05, 4.69) is 50.0 Å². The van der Waals surface area contributed by atoms with Crippen molar-refractivity contribution in [3.05, 3.63) is 40.5 Å². The average molecular weight is 260 g/mol. The molecule has 3 heteroatoms. The Morgan fingerprint density at radius 1 is 1.22 bits per heavy atom. The molecule has 2 rings (SSSR count). The fourth-order valence-corrected chi connectivity index (χ4v) is 3.06. The summed E-state index contributed by atoms with van der Waals surface area (Å²) in [4.78, 5) is 5.84. The van der Waals surface area contributed by atoms with Crippen LogP contribution in [0.25, 0.3) is 10.4 Å². The highest BCUT2D eigenvalue weighted by Crippen LogP contribution is 2.31. The Labute approximate surface area is 113 Å². The van der Waals surface area contributed by atoms with Crippen LogP contribution in [0.1, 0.15) is 36.0 Å². The molecule has 2 nitrogen and oxygen atoms in total. The molecule has 96 valence electrons. The lowest BCUT2D eigenvalue weighted by Crippen LogP contribution is -2.01. The smallest absolute Gasteiger partial charge is 0.0947 e. The number of aromatic nitrogens is 1. The van der Waals surface area contributed by atoms with Crippen LogP contribution in [0.4, 0.5) is 0 Å². The van der Waals surface area contributed by atoms with E-state index in [1.807, 2.05) is 0 Å². The van der Waals surface area contributed by atoms with Crippen LogP contribution in [0.2, 0.25) is 0 Å². The van der Waals surface area contributed by atoms with Crippen molar-refractivity contribution in [1.82, 2.24) is 4.98 Å². The van der Waals surface area contributed by atoms with E-state index in [-0.39, 0.29) is 0 Å². The fourth-order valence-electron chi connectivity index (χ4n) is 1.97. The van der Waals surface area contributed by atoms with Crippen molar-refractivity contribution in [2.75, 3.05) is 6.54 Å². The molecule has 0 unspecified atom stereocenters. The van der Waals surface area contributed by atoms with Crippen LogP contribution in [-0.2, 0) is 6.42 Å². The topological polar surface area (TPSA) is 38.9 Å². The van der Waals surface area contributed by atoms with Gasteiger partial charge in [0.25, 0.3) is 0 Å². The minimum Gasteiger partial charge on any atom is -0.330 e. The summed E-state index contributed by atoms with van der Waals surface area (Å²) in [6, 6.07) is 8.81. The second kappa shape index (κ2) is 5.63. The maximum atomic E-state index is 5.58. The maximum Gasteiger partial charge on any atom is 0.0947 e. The normalized spacial score (nSPS) is 11.2. The number of thiazole rings is 1. The Hall–Kier alpha value is -1.19. The molecule has 0 saturated carbocycles. The first-order chi connectivity index (χ1) is 8.61. The van der Waals surface area contributed by atoms with Crippen molar-refractivity contribution < 1.29 is 0 Å². The van der Waals surface area contributed by atoms with Gasteiger partial charge in [-0.25, -0.2) is 4.98 Å². The van der Waals surface area contributed by atoms with Gasteiger partial charge in [-0.3, -0.25) is 0 Å². The first kappa shape index (κ1) is 13.2.